The van der Waals surface area contributed by atoms with E-state index in [2.05, 4.69) is 11.0 Å². The van der Waals surface area contributed by atoms with E-state index < -0.39 is 6.10 Å². The first kappa shape index (κ1) is 15.8. The fourth-order valence-corrected chi connectivity index (χ4v) is 2.66. The maximum Gasteiger partial charge on any atom is 0.137 e. The number of aliphatic hydroxyl groups is 1. The van der Waals surface area contributed by atoms with Crippen molar-refractivity contribution in [3.63, 3.8) is 0 Å². The Bertz CT molecular complexity index is 491. The van der Waals surface area contributed by atoms with Crippen LogP contribution in [0.25, 0.3) is 0 Å². The molecule has 0 bridgehead atoms. The highest BCUT2D eigenvalue weighted by molar-refractivity contribution is 5.42. The number of aliphatic hydroxyl groups excluding tert-OH is 1. The first-order chi connectivity index (χ1) is 10.1. The first-order valence-corrected chi connectivity index (χ1v) is 7.26. The molecule has 0 spiro atoms. The van der Waals surface area contributed by atoms with Gasteiger partial charge in [0.05, 0.1) is 17.8 Å². The summed E-state index contributed by atoms with van der Waals surface area (Å²) in [4.78, 5) is 2.18. The van der Waals surface area contributed by atoms with E-state index in [4.69, 9.17) is 14.7 Å². The van der Waals surface area contributed by atoms with E-state index in [1.54, 1.807) is 18.2 Å². The van der Waals surface area contributed by atoms with E-state index in [1.165, 1.54) is 0 Å². The van der Waals surface area contributed by atoms with Gasteiger partial charge in [0.1, 0.15) is 24.5 Å². The minimum absolute atomic E-state index is 0.179. The molecule has 114 valence electrons. The minimum Gasteiger partial charge on any atom is -0.489 e. The van der Waals surface area contributed by atoms with Crippen LogP contribution in [0, 0.1) is 11.3 Å². The van der Waals surface area contributed by atoms with Gasteiger partial charge in [-0.25, -0.2) is 0 Å². The van der Waals surface area contributed by atoms with Crippen LogP contribution in [-0.2, 0) is 4.74 Å². The highest BCUT2D eigenvalue weighted by atomic mass is 16.5. The molecule has 2 rings (SSSR count). The van der Waals surface area contributed by atoms with Gasteiger partial charge in [-0.05, 0) is 26.0 Å². The van der Waals surface area contributed by atoms with Gasteiger partial charge in [-0.1, -0.05) is 12.1 Å². The number of morpholine rings is 1. The SMILES string of the molecule is CC1CN(CC(O)COc2ccccc2C#N)CC(C)O1. The van der Waals surface area contributed by atoms with Crippen LogP contribution in [0.1, 0.15) is 19.4 Å². The van der Waals surface area contributed by atoms with Gasteiger partial charge in [0.25, 0.3) is 0 Å². The molecule has 1 heterocycles. The van der Waals surface area contributed by atoms with Crippen LogP contribution in [0.5, 0.6) is 5.75 Å². The van der Waals surface area contributed by atoms with Gasteiger partial charge < -0.3 is 14.6 Å². The van der Waals surface area contributed by atoms with Crippen LogP contribution >= 0.6 is 0 Å². The molecule has 0 saturated carbocycles. The summed E-state index contributed by atoms with van der Waals surface area (Å²) in [7, 11) is 0. The zero-order valence-corrected chi connectivity index (χ0v) is 12.5. The molecule has 0 amide bonds. The van der Waals surface area contributed by atoms with E-state index in [9.17, 15) is 5.11 Å². The maximum absolute atomic E-state index is 10.1. The fraction of sp³-hybridized carbons (Fsp3) is 0.562. The van der Waals surface area contributed by atoms with Crippen molar-refractivity contribution in [2.45, 2.75) is 32.2 Å². The number of β-amino-alcohol motifs (C(OH)–C–C–N with tert-alkyl or cyclic N) is 1. The lowest BCUT2D eigenvalue weighted by Crippen LogP contribution is -2.48. The zero-order chi connectivity index (χ0) is 15.2. The molecule has 5 nitrogen and oxygen atoms in total. The maximum atomic E-state index is 10.1. The summed E-state index contributed by atoms with van der Waals surface area (Å²) in [5.74, 6) is 0.516. The lowest BCUT2D eigenvalue weighted by molar-refractivity contribution is -0.0786. The molecular formula is C16H22N2O3. The Labute approximate surface area is 125 Å². The molecule has 3 unspecified atom stereocenters. The molecule has 1 saturated heterocycles. The topological polar surface area (TPSA) is 65.7 Å². The normalized spacial score (nSPS) is 24.3. The van der Waals surface area contributed by atoms with Crippen molar-refractivity contribution < 1.29 is 14.6 Å². The third-order valence-electron chi connectivity index (χ3n) is 3.40. The first-order valence-electron chi connectivity index (χ1n) is 7.26. The summed E-state index contributed by atoms with van der Waals surface area (Å²) in [5, 5.41) is 19.1. The van der Waals surface area contributed by atoms with Crippen molar-refractivity contribution >= 4 is 0 Å². The van der Waals surface area contributed by atoms with Gasteiger partial charge in [0.2, 0.25) is 0 Å². The Morgan fingerprint density at radius 3 is 2.71 bits per heavy atom. The Hall–Kier alpha value is -1.61. The molecule has 5 heteroatoms. The van der Waals surface area contributed by atoms with Gasteiger partial charge >= 0.3 is 0 Å². The Balaban J connectivity index is 1.82. The number of para-hydroxylation sites is 1. The molecule has 1 aliphatic rings. The van der Waals surface area contributed by atoms with Gasteiger partial charge in [-0.2, -0.15) is 5.26 Å². The Morgan fingerprint density at radius 2 is 2.05 bits per heavy atom. The number of rotatable bonds is 5. The van der Waals surface area contributed by atoms with Crippen molar-refractivity contribution in [3.05, 3.63) is 29.8 Å². The van der Waals surface area contributed by atoms with E-state index in [-0.39, 0.29) is 18.8 Å². The molecule has 3 atom stereocenters. The summed E-state index contributed by atoms with van der Waals surface area (Å²) in [6.07, 6.45) is -0.225. The van der Waals surface area contributed by atoms with Crippen molar-refractivity contribution in [1.82, 2.24) is 4.90 Å². The van der Waals surface area contributed by atoms with Crippen LogP contribution in [0.2, 0.25) is 0 Å². The molecular weight excluding hydrogens is 268 g/mol. The summed E-state index contributed by atoms with van der Waals surface area (Å²) in [6.45, 7) is 6.43. The summed E-state index contributed by atoms with van der Waals surface area (Å²) in [6, 6.07) is 9.12. The van der Waals surface area contributed by atoms with Crippen LogP contribution < -0.4 is 4.74 Å². The van der Waals surface area contributed by atoms with Crippen molar-refractivity contribution in [1.29, 1.82) is 5.26 Å². The second kappa shape index (κ2) is 7.41. The number of ether oxygens (including phenoxy) is 2. The Kier molecular flexibility index (Phi) is 5.57. The average molecular weight is 290 g/mol. The average Bonchev–Trinajstić information content (AvgIpc) is 2.44. The lowest BCUT2D eigenvalue weighted by atomic mass is 10.2. The largest absolute Gasteiger partial charge is 0.489 e. The third kappa shape index (κ3) is 4.71. The van der Waals surface area contributed by atoms with Crippen molar-refractivity contribution in [2.75, 3.05) is 26.2 Å². The molecule has 1 aliphatic heterocycles. The minimum atomic E-state index is -0.589. The number of hydrogen-bond donors (Lipinski definition) is 1. The van der Waals surface area contributed by atoms with Gasteiger partial charge in [-0.3, -0.25) is 4.90 Å². The summed E-state index contributed by atoms with van der Waals surface area (Å²) in [5.41, 5.74) is 0.485. The van der Waals surface area contributed by atoms with Gasteiger partial charge in [-0.15, -0.1) is 0 Å². The van der Waals surface area contributed by atoms with Crippen LogP contribution in [0.15, 0.2) is 24.3 Å². The third-order valence-corrected chi connectivity index (χ3v) is 3.40. The zero-order valence-electron chi connectivity index (χ0n) is 12.5. The van der Waals surface area contributed by atoms with E-state index in [0.717, 1.165) is 13.1 Å². The van der Waals surface area contributed by atoms with E-state index in [1.807, 2.05) is 19.9 Å². The van der Waals surface area contributed by atoms with E-state index in [0.29, 0.717) is 17.9 Å². The molecule has 0 radical (unpaired) electrons. The Morgan fingerprint density at radius 1 is 1.38 bits per heavy atom. The molecule has 0 aromatic heterocycles. The van der Waals surface area contributed by atoms with E-state index >= 15 is 0 Å². The number of hydrogen-bond acceptors (Lipinski definition) is 5. The standard InChI is InChI=1S/C16H22N2O3/c1-12-8-18(9-13(2)21-12)10-15(19)11-20-16-6-4-3-5-14(16)7-17/h3-6,12-13,15,19H,8-11H2,1-2H3. The van der Waals surface area contributed by atoms with Crippen molar-refractivity contribution in [3.8, 4) is 11.8 Å². The molecule has 1 aromatic rings. The smallest absolute Gasteiger partial charge is 0.137 e. The van der Waals surface area contributed by atoms with Crippen LogP contribution in [0.4, 0.5) is 0 Å². The molecule has 21 heavy (non-hydrogen) atoms. The monoisotopic (exact) mass is 290 g/mol. The number of benzene rings is 1. The number of nitrogens with zero attached hydrogens (tertiary/aromatic N) is 2. The highest BCUT2D eigenvalue weighted by Gasteiger charge is 2.24. The van der Waals surface area contributed by atoms with Gasteiger partial charge in [0.15, 0.2) is 0 Å². The molecule has 1 aromatic carbocycles. The molecule has 1 N–H and O–H groups in total. The van der Waals surface area contributed by atoms with Crippen LogP contribution in [-0.4, -0.2) is 54.6 Å². The molecule has 1 fully saturated rings. The predicted molar refractivity (Wildman–Crippen MR) is 79.1 cm³/mol. The lowest BCUT2D eigenvalue weighted by Gasteiger charge is -2.36. The molecule has 0 aliphatic carbocycles. The second-order valence-corrected chi connectivity index (χ2v) is 5.55. The fourth-order valence-electron chi connectivity index (χ4n) is 2.66. The van der Waals surface area contributed by atoms with Gasteiger partial charge in [0, 0.05) is 19.6 Å². The van der Waals surface area contributed by atoms with Crippen LogP contribution in [0.3, 0.4) is 0 Å². The quantitative estimate of drug-likeness (QED) is 0.888. The predicted octanol–water partition coefficient (Wildman–Crippen LogP) is 1.41. The summed E-state index contributed by atoms with van der Waals surface area (Å²) >= 11 is 0. The second-order valence-electron chi connectivity index (χ2n) is 5.55. The highest BCUT2D eigenvalue weighted by Crippen LogP contribution is 2.17. The summed E-state index contributed by atoms with van der Waals surface area (Å²) < 4.78 is 11.2. The number of nitriles is 1. The van der Waals surface area contributed by atoms with Crippen molar-refractivity contribution in [2.24, 2.45) is 0 Å².